The van der Waals surface area contributed by atoms with Gasteiger partial charge in [-0.15, -0.1) is 10.2 Å². The third kappa shape index (κ3) is 3.82. The lowest BCUT2D eigenvalue weighted by molar-refractivity contribution is -0.116. The van der Waals surface area contributed by atoms with Gasteiger partial charge in [0.1, 0.15) is 11.1 Å². The number of aryl methyl sites for hydroxylation is 1. The summed E-state index contributed by atoms with van der Waals surface area (Å²) in [6, 6.07) is 11.1. The average Bonchev–Trinajstić information content (AvgIpc) is 3.13. The minimum absolute atomic E-state index is 0.200. The molecule has 0 saturated carbocycles. The van der Waals surface area contributed by atoms with Gasteiger partial charge >= 0.3 is 0 Å². The van der Waals surface area contributed by atoms with Gasteiger partial charge < -0.3 is 10.7 Å². The molecule has 0 radical (unpaired) electrons. The van der Waals surface area contributed by atoms with Crippen LogP contribution in [0.3, 0.4) is 0 Å². The maximum absolute atomic E-state index is 13.4. The molecule has 4 rings (SSSR count). The normalized spacial score (nSPS) is 18.1. The van der Waals surface area contributed by atoms with Gasteiger partial charge in [-0.3, -0.25) is 4.79 Å². The topological polar surface area (TPSA) is 71.8 Å². The first-order chi connectivity index (χ1) is 14.0. The van der Waals surface area contributed by atoms with E-state index in [-0.39, 0.29) is 11.7 Å². The van der Waals surface area contributed by atoms with Crippen molar-refractivity contribution in [2.75, 3.05) is 10.7 Å². The number of hydrogen-bond acceptors (Lipinski definition) is 5. The number of rotatable bonds is 4. The van der Waals surface area contributed by atoms with Gasteiger partial charge in [-0.25, -0.2) is 9.07 Å². The Balaban J connectivity index is 1.69. The zero-order valence-corrected chi connectivity index (χ0v) is 17.4. The molecule has 0 unspecified atom stereocenters. The van der Waals surface area contributed by atoms with Crippen LogP contribution in [0.2, 0.25) is 5.02 Å². The maximum atomic E-state index is 13.4. The van der Waals surface area contributed by atoms with Crippen LogP contribution in [0.1, 0.15) is 29.9 Å². The van der Waals surface area contributed by atoms with Crippen LogP contribution >= 0.6 is 23.4 Å². The van der Waals surface area contributed by atoms with Crippen LogP contribution in [0.4, 0.5) is 10.1 Å². The van der Waals surface area contributed by atoms with Crippen molar-refractivity contribution in [3.8, 4) is 0 Å². The lowest BCUT2D eigenvalue weighted by Crippen LogP contribution is -2.41. The van der Waals surface area contributed by atoms with Crippen molar-refractivity contribution in [2.45, 2.75) is 36.7 Å². The van der Waals surface area contributed by atoms with Crippen molar-refractivity contribution in [2.24, 2.45) is 0 Å². The van der Waals surface area contributed by atoms with Crippen LogP contribution < -0.4 is 10.7 Å². The monoisotopic (exact) mass is 431 g/mol. The molecule has 29 heavy (non-hydrogen) atoms. The molecule has 2 heterocycles. The number of amides is 1. The molecule has 6 nitrogen and oxygen atoms in total. The number of thioether (sulfide) groups is 1. The van der Waals surface area contributed by atoms with E-state index in [1.165, 1.54) is 23.9 Å². The van der Waals surface area contributed by atoms with E-state index >= 15 is 0 Å². The second kappa shape index (κ2) is 8.04. The number of hydrogen-bond donors (Lipinski definition) is 2. The van der Waals surface area contributed by atoms with E-state index in [0.29, 0.717) is 22.3 Å². The molecule has 1 amide bonds. The summed E-state index contributed by atoms with van der Waals surface area (Å²) in [5.41, 5.74) is 5.58. The second-order valence-corrected chi connectivity index (χ2v) is 8.20. The van der Waals surface area contributed by atoms with Crippen LogP contribution in [-0.4, -0.2) is 26.0 Å². The Kier molecular flexibility index (Phi) is 5.47. The summed E-state index contributed by atoms with van der Waals surface area (Å²) in [6.07, 6.45) is 0.690. The van der Waals surface area contributed by atoms with Crippen molar-refractivity contribution < 1.29 is 9.18 Å². The first-order valence-corrected chi connectivity index (χ1v) is 10.4. The Morgan fingerprint density at radius 2 is 2.03 bits per heavy atom. The molecule has 1 aliphatic rings. The molecule has 3 aromatic rings. The van der Waals surface area contributed by atoms with Gasteiger partial charge in [-0.1, -0.05) is 48.5 Å². The minimum Gasteiger partial charge on any atom is -0.325 e. The fraction of sp³-hybridized carbons (Fsp3) is 0.250. The molecule has 1 aliphatic heterocycles. The Labute approximate surface area is 176 Å². The fourth-order valence-electron chi connectivity index (χ4n) is 3.19. The number of halogens is 2. The van der Waals surface area contributed by atoms with Crippen LogP contribution in [-0.2, 0) is 11.2 Å². The van der Waals surface area contributed by atoms with Crippen LogP contribution in [0.15, 0.2) is 47.6 Å². The van der Waals surface area contributed by atoms with Crippen molar-refractivity contribution in [1.29, 1.82) is 0 Å². The van der Waals surface area contributed by atoms with E-state index in [1.807, 2.05) is 19.9 Å². The van der Waals surface area contributed by atoms with Gasteiger partial charge in [0.25, 0.3) is 0 Å². The Morgan fingerprint density at radius 3 is 2.76 bits per heavy atom. The van der Waals surface area contributed by atoms with Gasteiger partial charge in [0.05, 0.1) is 6.04 Å². The summed E-state index contributed by atoms with van der Waals surface area (Å²) >= 11 is 7.51. The molecule has 2 aromatic carbocycles. The zero-order valence-electron chi connectivity index (χ0n) is 15.8. The number of aromatic nitrogens is 3. The van der Waals surface area contributed by atoms with Gasteiger partial charge in [0.15, 0.2) is 5.82 Å². The van der Waals surface area contributed by atoms with Crippen LogP contribution in [0.5, 0.6) is 0 Å². The van der Waals surface area contributed by atoms with E-state index in [2.05, 4.69) is 20.9 Å². The summed E-state index contributed by atoms with van der Waals surface area (Å²) < 4.78 is 15.2. The van der Waals surface area contributed by atoms with Gasteiger partial charge in [-0.05, 0) is 42.3 Å². The maximum Gasteiger partial charge on any atom is 0.240 e. The Hall–Kier alpha value is -2.58. The summed E-state index contributed by atoms with van der Waals surface area (Å²) in [5.74, 6) is 0.241. The number of carbonyl (C=O) groups excluding carboxylic acids is 1. The smallest absolute Gasteiger partial charge is 0.240 e. The summed E-state index contributed by atoms with van der Waals surface area (Å²) in [7, 11) is 0. The highest BCUT2D eigenvalue weighted by molar-refractivity contribution is 8.00. The number of carbonyl (C=O) groups is 1. The third-order valence-electron chi connectivity index (χ3n) is 4.83. The number of nitrogens with one attached hydrogen (secondary N) is 2. The summed E-state index contributed by atoms with van der Waals surface area (Å²) in [4.78, 5) is 13.2. The lowest BCUT2D eigenvalue weighted by atomic mass is 10.0. The number of nitrogens with zero attached hydrogens (tertiary/aromatic N) is 3. The average molecular weight is 432 g/mol. The highest BCUT2D eigenvalue weighted by atomic mass is 35.5. The van der Waals surface area contributed by atoms with E-state index < -0.39 is 11.3 Å². The van der Waals surface area contributed by atoms with E-state index in [9.17, 15) is 9.18 Å². The molecule has 0 bridgehead atoms. The molecule has 1 aromatic heterocycles. The molecule has 0 fully saturated rings. The molecular formula is C20H19ClFN5OS. The number of fused-ring (bicyclic) bond motifs is 1. The van der Waals surface area contributed by atoms with Crippen LogP contribution in [0, 0.1) is 12.7 Å². The van der Waals surface area contributed by atoms with Crippen molar-refractivity contribution in [3.63, 3.8) is 0 Å². The Bertz CT molecular complexity index is 1060. The third-order valence-corrected chi connectivity index (χ3v) is 6.46. The predicted octanol–water partition coefficient (Wildman–Crippen LogP) is 4.34. The number of anilines is 1. The molecular weight excluding hydrogens is 413 g/mol. The Morgan fingerprint density at radius 1 is 1.28 bits per heavy atom. The first-order valence-electron chi connectivity index (χ1n) is 9.17. The van der Waals surface area contributed by atoms with Gasteiger partial charge in [-0.2, -0.15) is 0 Å². The highest BCUT2D eigenvalue weighted by Gasteiger charge is 2.37. The van der Waals surface area contributed by atoms with Crippen LogP contribution in [0.25, 0.3) is 0 Å². The molecule has 9 heteroatoms. The molecule has 0 aliphatic carbocycles. The van der Waals surface area contributed by atoms with E-state index in [4.69, 9.17) is 11.6 Å². The molecule has 0 saturated heterocycles. The van der Waals surface area contributed by atoms with E-state index in [1.54, 1.807) is 28.9 Å². The second-order valence-electron chi connectivity index (χ2n) is 6.69. The van der Waals surface area contributed by atoms with E-state index in [0.717, 1.165) is 17.0 Å². The van der Waals surface area contributed by atoms with Gasteiger partial charge in [0, 0.05) is 17.1 Å². The summed E-state index contributed by atoms with van der Waals surface area (Å²) in [5, 5.41) is 12.0. The van der Waals surface area contributed by atoms with Crippen molar-refractivity contribution in [1.82, 2.24) is 14.9 Å². The lowest BCUT2D eigenvalue weighted by Gasteiger charge is -2.33. The standard InChI is InChI=1S/C20H19ClFN5OS/c1-3-16-24-25-20-27(16)26-17(12-7-9-13(22)10-8-12)18(29-20)19(28)23-15-6-4-5-14(21)11(15)2/h4-10,17-18,26H,3H2,1-2H3,(H,23,28)/t17-,18+/m0/s1. The highest BCUT2D eigenvalue weighted by Crippen LogP contribution is 2.38. The molecule has 2 N–H and O–H groups in total. The fourth-order valence-corrected chi connectivity index (χ4v) is 4.47. The SMILES string of the molecule is CCc1nnc2n1N[C@@H](c1ccc(F)cc1)[C@H](C(=O)Nc1cccc(Cl)c1C)S2. The summed E-state index contributed by atoms with van der Waals surface area (Å²) in [6.45, 7) is 3.84. The molecule has 0 spiro atoms. The van der Waals surface area contributed by atoms with Crippen molar-refractivity contribution >= 4 is 35.0 Å². The van der Waals surface area contributed by atoms with Crippen molar-refractivity contribution in [3.05, 3.63) is 70.3 Å². The zero-order chi connectivity index (χ0) is 20.5. The minimum atomic E-state index is -0.541. The first kappa shape index (κ1) is 19.7. The number of benzene rings is 2. The quantitative estimate of drug-likeness (QED) is 0.643. The molecule has 150 valence electrons. The largest absolute Gasteiger partial charge is 0.325 e. The van der Waals surface area contributed by atoms with Gasteiger partial charge in [0.2, 0.25) is 11.1 Å². The molecule has 2 atom stereocenters. The predicted molar refractivity (Wildman–Crippen MR) is 112 cm³/mol.